The minimum Gasteiger partial charge on any atom is -0.370 e. The molecule has 56 valence electrons. The van der Waals surface area contributed by atoms with Crippen molar-refractivity contribution in [3.8, 4) is 0 Å². The Balaban J connectivity index is 2.66. The van der Waals surface area contributed by atoms with Gasteiger partial charge in [0.15, 0.2) is 6.23 Å². The van der Waals surface area contributed by atoms with E-state index in [0.717, 1.165) is 0 Å². The molecule has 2 atom stereocenters. The van der Waals surface area contributed by atoms with E-state index in [9.17, 15) is 9.18 Å². The molecule has 0 spiro atoms. The summed E-state index contributed by atoms with van der Waals surface area (Å²) in [6.07, 6.45) is -3.45. The third-order valence-electron chi connectivity index (χ3n) is 1.08. The van der Waals surface area contributed by atoms with E-state index in [1.807, 2.05) is 10.6 Å². The van der Waals surface area contributed by atoms with E-state index in [-0.39, 0.29) is 0 Å². The maximum atomic E-state index is 12.4. The number of urea groups is 1. The highest BCUT2D eigenvalue weighted by Crippen LogP contribution is 2.00. The van der Waals surface area contributed by atoms with E-state index in [1.54, 1.807) is 0 Å². The van der Waals surface area contributed by atoms with Crippen LogP contribution in [0.25, 0.3) is 0 Å². The summed E-state index contributed by atoms with van der Waals surface area (Å²) in [5.74, 6) is -0.615. The number of nitrogens with one attached hydrogen (secondary N) is 3. The van der Waals surface area contributed by atoms with Crippen LogP contribution in [0.5, 0.6) is 0 Å². The van der Waals surface area contributed by atoms with Crippen LogP contribution in [0, 0.1) is 5.41 Å². The van der Waals surface area contributed by atoms with Crippen LogP contribution in [0.2, 0.25) is 0 Å². The van der Waals surface area contributed by atoms with E-state index < -0.39 is 24.3 Å². The average Bonchev–Trinajstić information content (AvgIpc) is 1.82. The summed E-state index contributed by atoms with van der Waals surface area (Å²) in [7, 11) is 0. The average molecular weight is 147 g/mol. The van der Waals surface area contributed by atoms with Gasteiger partial charge in [0.2, 0.25) is 6.17 Å². The number of aliphatic hydroxyl groups is 1. The first kappa shape index (κ1) is 6.94. The van der Waals surface area contributed by atoms with Crippen molar-refractivity contribution in [2.75, 3.05) is 0 Å². The highest BCUT2D eigenvalue weighted by atomic mass is 19.1. The van der Waals surface area contributed by atoms with Gasteiger partial charge in [-0.25, -0.2) is 9.18 Å². The van der Waals surface area contributed by atoms with Crippen LogP contribution < -0.4 is 10.6 Å². The number of alkyl halides is 1. The van der Waals surface area contributed by atoms with Gasteiger partial charge in [0.25, 0.3) is 0 Å². The van der Waals surface area contributed by atoms with E-state index in [2.05, 4.69) is 0 Å². The fourth-order valence-electron chi connectivity index (χ4n) is 0.593. The summed E-state index contributed by atoms with van der Waals surface area (Å²) in [5, 5.41) is 19.1. The van der Waals surface area contributed by atoms with Gasteiger partial charge < -0.3 is 10.4 Å². The molecule has 2 unspecified atom stereocenters. The molecular weight excluding hydrogens is 141 g/mol. The quantitative estimate of drug-likeness (QED) is 0.352. The molecule has 0 bridgehead atoms. The van der Waals surface area contributed by atoms with Crippen LogP contribution in [0.15, 0.2) is 0 Å². The largest absolute Gasteiger partial charge is 0.370 e. The molecule has 1 aliphatic rings. The molecule has 10 heavy (non-hydrogen) atoms. The van der Waals surface area contributed by atoms with Crippen LogP contribution in [-0.2, 0) is 0 Å². The third kappa shape index (κ3) is 1.06. The van der Waals surface area contributed by atoms with Crippen molar-refractivity contribution in [1.82, 2.24) is 10.6 Å². The lowest BCUT2D eigenvalue weighted by molar-refractivity contribution is 0.0804. The first-order valence-electron chi connectivity index (χ1n) is 2.59. The zero-order valence-electron chi connectivity index (χ0n) is 4.89. The normalized spacial score (nSPS) is 33.0. The van der Waals surface area contributed by atoms with Gasteiger partial charge in [0.1, 0.15) is 5.84 Å². The number of rotatable bonds is 0. The molecule has 0 aromatic heterocycles. The molecule has 2 amide bonds. The van der Waals surface area contributed by atoms with Crippen molar-refractivity contribution in [3.05, 3.63) is 0 Å². The number of hydrogen-bond donors (Lipinski definition) is 4. The predicted molar refractivity (Wildman–Crippen MR) is 30.3 cm³/mol. The molecule has 0 aromatic rings. The van der Waals surface area contributed by atoms with Gasteiger partial charge in [-0.2, -0.15) is 0 Å². The summed E-state index contributed by atoms with van der Waals surface area (Å²) in [6.45, 7) is 0. The Bertz CT molecular complexity index is 183. The van der Waals surface area contributed by atoms with Gasteiger partial charge in [0, 0.05) is 0 Å². The molecule has 0 radical (unpaired) electrons. The standard InChI is InChI=1S/C4H6FN3O2/c5-1-2(6)7-4(10)8-3(1)9/h1,3,9H,(H3,6,7,8,10). The SMILES string of the molecule is N=C1NC(=O)NC(O)C1F. The van der Waals surface area contributed by atoms with Crippen LogP contribution in [-0.4, -0.2) is 29.4 Å². The lowest BCUT2D eigenvalue weighted by Crippen LogP contribution is -2.59. The second-order valence-corrected chi connectivity index (χ2v) is 1.86. The van der Waals surface area contributed by atoms with Crippen molar-refractivity contribution in [3.63, 3.8) is 0 Å². The molecule has 6 heteroatoms. The fourth-order valence-corrected chi connectivity index (χ4v) is 0.593. The molecule has 1 heterocycles. The maximum Gasteiger partial charge on any atom is 0.322 e. The number of halogens is 1. The van der Waals surface area contributed by atoms with E-state index in [1.165, 1.54) is 0 Å². The topological polar surface area (TPSA) is 85.2 Å². The number of carbonyl (C=O) groups excluding carboxylic acids is 1. The van der Waals surface area contributed by atoms with Gasteiger partial charge in [-0.1, -0.05) is 0 Å². The number of amidine groups is 1. The highest BCUT2D eigenvalue weighted by molar-refractivity contribution is 6.00. The summed E-state index contributed by atoms with van der Waals surface area (Å²) in [6, 6.07) is -0.758. The Morgan fingerprint density at radius 1 is 1.70 bits per heavy atom. The molecule has 4 N–H and O–H groups in total. The van der Waals surface area contributed by atoms with Gasteiger partial charge in [-0.15, -0.1) is 0 Å². The molecule has 0 aliphatic carbocycles. The Morgan fingerprint density at radius 3 is 2.80 bits per heavy atom. The van der Waals surface area contributed by atoms with Crippen LogP contribution in [0.1, 0.15) is 0 Å². The summed E-state index contributed by atoms with van der Waals surface area (Å²) < 4.78 is 12.4. The van der Waals surface area contributed by atoms with Crippen molar-refractivity contribution in [2.24, 2.45) is 0 Å². The Kier molecular flexibility index (Phi) is 1.54. The van der Waals surface area contributed by atoms with Gasteiger partial charge in [-0.05, 0) is 0 Å². The first-order valence-corrected chi connectivity index (χ1v) is 2.59. The van der Waals surface area contributed by atoms with Crippen LogP contribution in [0.4, 0.5) is 9.18 Å². The lowest BCUT2D eigenvalue weighted by Gasteiger charge is -2.23. The Hall–Kier alpha value is -1.17. The minimum absolute atomic E-state index is 0.615. The van der Waals surface area contributed by atoms with Gasteiger partial charge in [-0.3, -0.25) is 10.7 Å². The number of aliphatic hydroxyl groups excluding tert-OH is 1. The highest BCUT2D eigenvalue weighted by Gasteiger charge is 2.30. The summed E-state index contributed by atoms with van der Waals surface area (Å²) >= 11 is 0. The van der Waals surface area contributed by atoms with E-state index in [4.69, 9.17) is 10.5 Å². The lowest BCUT2D eigenvalue weighted by atomic mass is 10.3. The predicted octanol–water partition coefficient (Wildman–Crippen LogP) is -1.07. The van der Waals surface area contributed by atoms with E-state index in [0.29, 0.717) is 0 Å². The number of carbonyl (C=O) groups is 1. The van der Waals surface area contributed by atoms with Gasteiger partial charge in [0.05, 0.1) is 0 Å². The second-order valence-electron chi connectivity index (χ2n) is 1.86. The third-order valence-corrected chi connectivity index (χ3v) is 1.08. The number of hydrogen-bond acceptors (Lipinski definition) is 3. The smallest absolute Gasteiger partial charge is 0.322 e. The van der Waals surface area contributed by atoms with Gasteiger partial charge >= 0.3 is 6.03 Å². The van der Waals surface area contributed by atoms with Crippen molar-refractivity contribution < 1.29 is 14.3 Å². The zero-order chi connectivity index (χ0) is 7.72. The molecule has 0 saturated carbocycles. The second kappa shape index (κ2) is 2.22. The molecule has 0 aromatic carbocycles. The molecule has 1 saturated heterocycles. The van der Waals surface area contributed by atoms with E-state index >= 15 is 0 Å². The van der Waals surface area contributed by atoms with Crippen LogP contribution >= 0.6 is 0 Å². The van der Waals surface area contributed by atoms with Crippen molar-refractivity contribution >= 4 is 11.9 Å². The Morgan fingerprint density at radius 2 is 2.30 bits per heavy atom. The maximum absolute atomic E-state index is 12.4. The Labute approximate surface area is 55.7 Å². The van der Waals surface area contributed by atoms with Crippen molar-refractivity contribution in [2.45, 2.75) is 12.4 Å². The zero-order valence-corrected chi connectivity index (χ0v) is 4.89. The van der Waals surface area contributed by atoms with Crippen molar-refractivity contribution in [1.29, 1.82) is 5.41 Å². The molecule has 1 fully saturated rings. The summed E-state index contributed by atoms with van der Waals surface area (Å²) in [4.78, 5) is 10.3. The summed E-state index contributed by atoms with van der Waals surface area (Å²) in [5.41, 5.74) is 0. The fraction of sp³-hybridized carbons (Fsp3) is 0.500. The number of amides is 2. The van der Waals surface area contributed by atoms with Crippen LogP contribution in [0.3, 0.4) is 0 Å². The molecular formula is C4H6FN3O2. The first-order chi connectivity index (χ1) is 4.61. The molecule has 1 rings (SSSR count). The minimum atomic E-state index is -1.85. The molecule has 5 nitrogen and oxygen atoms in total. The monoisotopic (exact) mass is 147 g/mol. The molecule has 1 aliphatic heterocycles.